The lowest BCUT2D eigenvalue weighted by atomic mass is 10.1. The molecule has 1 fully saturated rings. The molecule has 11 heteroatoms. The highest BCUT2D eigenvalue weighted by Crippen LogP contribution is 2.28. The summed E-state index contributed by atoms with van der Waals surface area (Å²) in [5, 5.41) is 4.39. The van der Waals surface area contributed by atoms with Crippen molar-refractivity contribution < 1.29 is 18.0 Å². The Balaban J connectivity index is 1.17. The highest BCUT2D eigenvalue weighted by molar-refractivity contribution is 7.92. The van der Waals surface area contributed by atoms with Gasteiger partial charge >= 0.3 is 6.47 Å². The standard InChI is InChI=1S/C32H32N6O4S/c1-24-4-11-29(12-5-24)43(40,41)38(42-23-39)28-9-7-27(8-10-28)35-32-21-30(33-22-34-32)25-6-13-31-26(20-25)14-17-37(31)19-18-36-15-2-3-16-36/h4-14,17,20-23H,2-3,15-16,18-19H2,1H3,(H,33,34,35). The van der Waals surface area contributed by atoms with Crippen molar-refractivity contribution in [3.63, 3.8) is 0 Å². The Morgan fingerprint density at radius 1 is 0.930 bits per heavy atom. The number of anilines is 3. The molecule has 1 aliphatic rings. The molecular weight excluding hydrogens is 564 g/mol. The number of benzene rings is 3. The van der Waals surface area contributed by atoms with Gasteiger partial charge in [0.1, 0.15) is 12.1 Å². The van der Waals surface area contributed by atoms with Crippen molar-refractivity contribution in [3.05, 3.63) is 97.0 Å². The summed E-state index contributed by atoms with van der Waals surface area (Å²) in [4.78, 5) is 27.4. The van der Waals surface area contributed by atoms with E-state index >= 15 is 0 Å². The van der Waals surface area contributed by atoms with Crippen LogP contribution in [0, 0.1) is 6.92 Å². The first-order chi connectivity index (χ1) is 20.9. The number of fused-ring (bicyclic) bond motifs is 1. The zero-order valence-corrected chi connectivity index (χ0v) is 24.6. The Labute approximate surface area is 250 Å². The van der Waals surface area contributed by atoms with Crippen LogP contribution in [0.5, 0.6) is 0 Å². The van der Waals surface area contributed by atoms with Crippen molar-refractivity contribution >= 4 is 44.6 Å². The summed E-state index contributed by atoms with van der Waals surface area (Å²) < 4.78 is 29.2. The molecule has 3 aromatic carbocycles. The minimum Gasteiger partial charge on any atom is -0.346 e. The largest absolute Gasteiger partial charge is 0.346 e. The fourth-order valence-electron chi connectivity index (χ4n) is 5.31. The first kappa shape index (κ1) is 28.4. The number of sulfonamides is 1. The number of nitrogens with one attached hydrogen (secondary N) is 1. The molecule has 0 spiro atoms. The second-order valence-electron chi connectivity index (χ2n) is 10.5. The average molecular weight is 597 g/mol. The maximum Gasteiger partial charge on any atom is 0.322 e. The Kier molecular flexibility index (Phi) is 8.08. The summed E-state index contributed by atoms with van der Waals surface area (Å²) in [7, 11) is -4.13. The Hall–Kier alpha value is -4.74. The molecule has 6 rings (SSSR count). The van der Waals surface area contributed by atoms with Crippen LogP contribution in [0.2, 0.25) is 0 Å². The summed E-state index contributed by atoms with van der Waals surface area (Å²) in [5.41, 5.74) is 4.70. The highest BCUT2D eigenvalue weighted by Gasteiger charge is 2.27. The monoisotopic (exact) mass is 596 g/mol. The van der Waals surface area contributed by atoms with Gasteiger partial charge in [-0.2, -0.15) is 8.42 Å². The van der Waals surface area contributed by atoms with Crippen LogP contribution in [-0.2, 0) is 26.2 Å². The van der Waals surface area contributed by atoms with E-state index in [1.807, 2.05) is 13.0 Å². The Bertz CT molecular complexity index is 1830. The van der Waals surface area contributed by atoms with Crippen molar-refractivity contribution in [3.8, 4) is 11.3 Å². The van der Waals surface area contributed by atoms with Gasteiger partial charge in [0.25, 0.3) is 10.0 Å². The van der Waals surface area contributed by atoms with Crippen molar-refractivity contribution in [2.45, 2.75) is 31.2 Å². The summed E-state index contributed by atoms with van der Waals surface area (Å²) in [5.74, 6) is 0.578. The van der Waals surface area contributed by atoms with Gasteiger partial charge in [0.05, 0.1) is 16.3 Å². The molecular formula is C32H32N6O4S. The molecule has 0 radical (unpaired) electrons. The van der Waals surface area contributed by atoms with Gasteiger partial charge in [-0.25, -0.2) is 9.97 Å². The van der Waals surface area contributed by atoms with Crippen LogP contribution < -0.4 is 9.79 Å². The van der Waals surface area contributed by atoms with Crippen LogP contribution in [0.1, 0.15) is 18.4 Å². The SMILES string of the molecule is Cc1ccc(S(=O)(=O)N(OC=O)c2ccc(Nc3cc(-c4ccc5c(ccn5CCN5CCCC5)c4)ncn3)cc2)cc1. The molecule has 220 valence electrons. The molecule has 0 atom stereocenters. The number of hydrogen-bond acceptors (Lipinski definition) is 8. The molecule has 1 N–H and O–H groups in total. The van der Waals surface area contributed by atoms with E-state index < -0.39 is 10.0 Å². The predicted molar refractivity (Wildman–Crippen MR) is 166 cm³/mol. The Morgan fingerprint density at radius 3 is 2.44 bits per heavy atom. The van der Waals surface area contributed by atoms with Gasteiger partial charge in [-0.15, -0.1) is 0 Å². The van der Waals surface area contributed by atoms with E-state index in [4.69, 9.17) is 4.84 Å². The summed E-state index contributed by atoms with van der Waals surface area (Å²) in [6.45, 7) is 6.37. The number of likely N-dealkylation sites (tertiary alicyclic amines) is 1. The topological polar surface area (TPSA) is 110 Å². The van der Waals surface area contributed by atoms with Gasteiger partial charge in [-0.05, 0) is 87.5 Å². The molecule has 43 heavy (non-hydrogen) atoms. The number of aromatic nitrogens is 3. The molecule has 2 aromatic heterocycles. The average Bonchev–Trinajstić information content (AvgIpc) is 3.69. The summed E-state index contributed by atoms with van der Waals surface area (Å²) >= 11 is 0. The van der Waals surface area contributed by atoms with Crippen molar-refractivity contribution in [2.24, 2.45) is 0 Å². The number of carbonyl (C=O) groups excluding carboxylic acids is 1. The van der Waals surface area contributed by atoms with E-state index in [1.165, 1.54) is 49.9 Å². The third-order valence-corrected chi connectivity index (χ3v) is 9.22. The minimum atomic E-state index is -4.13. The maximum absolute atomic E-state index is 13.2. The van der Waals surface area contributed by atoms with Crippen LogP contribution >= 0.6 is 0 Å². The summed E-state index contributed by atoms with van der Waals surface area (Å²) in [6, 6.07) is 23.1. The van der Waals surface area contributed by atoms with Gasteiger partial charge in [0.2, 0.25) is 0 Å². The van der Waals surface area contributed by atoms with Crippen molar-refractivity contribution in [1.82, 2.24) is 19.4 Å². The number of nitrogens with zero attached hydrogens (tertiary/aromatic N) is 5. The van der Waals surface area contributed by atoms with Gasteiger partial charge in [-0.1, -0.05) is 28.2 Å². The third-order valence-electron chi connectivity index (χ3n) is 7.62. The minimum absolute atomic E-state index is 0.00694. The Morgan fingerprint density at radius 2 is 1.70 bits per heavy atom. The number of carbonyl (C=O) groups is 1. The molecule has 1 saturated heterocycles. The van der Waals surface area contributed by atoms with E-state index in [-0.39, 0.29) is 17.1 Å². The van der Waals surface area contributed by atoms with Gasteiger partial charge in [-0.3, -0.25) is 4.79 Å². The second kappa shape index (κ2) is 12.2. The van der Waals surface area contributed by atoms with Crippen molar-refractivity contribution in [2.75, 3.05) is 29.4 Å². The molecule has 1 aliphatic heterocycles. The first-order valence-corrected chi connectivity index (χ1v) is 15.6. The highest BCUT2D eigenvalue weighted by atomic mass is 32.2. The van der Waals surface area contributed by atoms with Crippen LogP contribution in [0.25, 0.3) is 22.2 Å². The van der Waals surface area contributed by atoms with E-state index in [0.29, 0.717) is 16.0 Å². The first-order valence-electron chi connectivity index (χ1n) is 14.1. The molecule has 0 amide bonds. The quantitative estimate of drug-likeness (QED) is 0.157. The molecule has 5 aromatic rings. The normalized spacial score (nSPS) is 13.7. The zero-order valence-electron chi connectivity index (χ0n) is 23.8. The summed E-state index contributed by atoms with van der Waals surface area (Å²) in [6.07, 6.45) is 6.25. The lowest BCUT2D eigenvalue weighted by Gasteiger charge is -2.21. The molecule has 0 saturated carbocycles. The van der Waals surface area contributed by atoms with E-state index in [1.54, 1.807) is 36.4 Å². The number of rotatable bonds is 11. The van der Waals surface area contributed by atoms with Crippen molar-refractivity contribution in [1.29, 1.82) is 0 Å². The predicted octanol–water partition coefficient (Wildman–Crippen LogP) is 5.53. The fourth-order valence-corrected chi connectivity index (χ4v) is 6.53. The van der Waals surface area contributed by atoms with Gasteiger partial charge in [0.15, 0.2) is 0 Å². The van der Waals surface area contributed by atoms with Gasteiger partial charge < -0.3 is 19.6 Å². The maximum atomic E-state index is 13.2. The zero-order chi connectivity index (χ0) is 29.8. The number of hydrogen-bond donors (Lipinski definition) is 1. The van der Waals surface area contributed by atoms with Crippen LogP contribution in [-0.4, -0.2) is 54.0 Å². The number of aryl methyl sites for hydroxylation is 1. The fraction of sp³-hybridized carbons (Fsp3) is 0.219. The third kappa shape index (κ3) is 6.23. The van der Waals surface area contributed by atoms with Gasteiger partial charge in [0, 0.05) is 47.5 Å². The van der Waals surface area contributed by atoms with E-state index in [9.17, 15) is 13.2 Å². The molecule has 0 aliphatic carbocycles. The van der Waals surface area contributed by atoms with Crippen LogP contribution in [0.15, 0.2) is 96.3 Å². The smallest absolute Gasteiger partial charge is 0.322 e. The lowest BCUT2D eigenvalue weighted by Crippen LogP contribution is -2.30. The van der Waals surface area contributed by atoms with Crippen LogP contribution in [0.4, 0.5) is 17.2 Å². The second-order valence-corrected chi connectivity index (χ2v) is 12.3. The van der Waals surface area contributed by atoms with E-state index in [0.717, 1.165) is 35.3 Å². The van der Waals surface area contributed by atoms with Crippen LogP contribution in [0.3, 0.4) is 0 Å². The molecule has 10 nitrogen and oxygen atoms in total. The van der Waals surface area contributed by atoms with E-state index in [2.05, 4.69) is 55.2 Å². The molecule has 0 bridgehead atoms. The lowest BCUT2D eigenvalue weighted by molar-refractivity contribution is -0.128. The molecule has 0 unspecified atom stereocenters. The molecule has 3 heterocycles.